The molecule has 0 aliphatic carbocycles. The number of phosphoric ester groups is 1. The number of aromatic nitrogens is 4. The number of nitrogens with one attached hydrogen (secondary N) is 1. The monoisotopic (exact) mass is 404 g/mol. The van der Waals surface area contributed by atoms with Gasteiger partial charge in [-0.25, -0.2) is 4.57 Å². The largest absolute Gasteiger partial charge is 0.790 e. The summed E-state index contributed by atoms with van der Waals surface area (Å²) < 4.78 is 23.1. The number of aliphatic hydroxyl groups excluding tert-OH is 2. The van der Waals surface area contributed by atoms with Crippen molar-refractivity contribution < 1.29 is 38.4 Å². The van der Waals surface area contributed by atoms with E-state index in [9.17, 15) is 29.4 Å². The minimum Gasteiger partial charge on any atom is -0.790 e. The molecule has 14 heteroatoms. The fraction of sp³-hybridized carbons (Fsp3) is 0.615. The van der Waals surface area contributed by atoms with E-state index in [1.54, 1.807) is 26.0 Å². The predicted molar refractivity (Wildman–Crippen MR) is 85.3 cm³/mol. The van der Waals surface area contributed by atoms with Gasteiger partial charge in [-0.2, -0.15) is 0 Å². The molecule has 3 N–H and O–H groups in total. The molecule has 0 unspecified atom stereocenters. The van der Waals surface area contributed by atoms with Crippen LogP contribution in [-0.2, 0) is 20.9 Å². The molecule has 0 spiro atoms. The molecule has 1 aliphatic rings. The third-order valence-corrected chi connectivity index (χ3v) is 4.66. The second kappa shape index (κ2) is 6.95. The normalized spacial score (nSPS) is 26.0. The topological polar surface area (TPSA) is 180 Å². The van der Waals surface area contributed by atoms with E-state index in [0.717, 1.165) is 0 Å². The van der Waals surface area contributed by atoms with Gasteiger partial charge in [0.2, 0.25) is 11.7 Å². The summed E-state index contributed by atoms with van der Waals surface area (Å²) in [6, 6.07) is 0. The molecule has 0 aromatic carbocycles. The molecular formula is C13H19N5O8P-. The van der Waals surface area contributed by atoms with Crippen LogP contribution >= 0.6 is 7.82 Å². The van der Waals surface area contributed by atoms with E-state index in [0.29, 0.717) is 0 Å². The van der Waals surface area contributed by atoms with Gasteiger partial charge in [-0.05, 0) is 0 Å². The summed E-state index contributed by atoms with van der Waals surface area (Å²) in [6.45, 7) is -0.749. The van der Waals surface area contributed by atoms with Gasteiger partial charge in [0.15, 0.2) is 6.33 Å². The van der Waals surface area contributed by atoms with Gasteiger partial charge in [0.25, 0.3) is 11.5 Å². The number of phosphoric acid groups is 1. The fourth-order valence-electron chi connectivity index (χ4n) is 2.90. The lowest BCUT2D eigenvalue weighted by Crippen LogP contribution is -2.46. The highest BCUT2D eigenvalue weighted by molar-refractivity contribution is 7.43. The van der Waals surface area contributed by atoms with Crippen LogP contribution in [0.3, 0.4) is 0 Å². The van der Waals surface area contributed by atoms with Crippen LogP contribution in [-0.4, -0.2) is 63.8 Å². The Hall–Kier alpha value is -1.86. The average molecular weight is 404 g/mol. The Morgan fingerprint density at radius 1 is 1.44 bits per heavy atom. The third-order valence-electron chi connectivity index (χ3n) is 4.19. The minimum absolute atomic E-state index is 0.182. The lowest BCUT2D eigenvalue weighted by molar-refractivity contribution is -0.745. The Kier molecular flexibility index (Phi) is 5.12. The Labute approximate surface area is 152 Å². The number of imidazole rings is 1. The Bertz CT molecular complexity index is 952. The van der Waals surface area contributed by atoms with E-state index in [-0.39, 0.29) is 17.1 Å². The maximum atomic E-state index is 12.3. The maximum Gasteiger partial charge on any atom is 0.313 e. The van der Waals surface area contributed by atoms with E-state index in [1.807, 2.05) is 0 Å². The quantitative estimate of drug-likeness (QED) is 0.329. The number of ether oxygens (including phenoxy) is 1. The number of hydrogen-bond donors (Lipinski definition) is 3. The van der Waals surface area contributed by atoms with Crippen LogP contribution in [0.25, 0.3) is 11.2 Å². The molecule has 27 heavy (non-hydrogen) atoms. The van der Waals surface area contributed by atoms with E-state index in [1.165, 1.54) is 15.5 Å². The number of fused-ring (bicyclic) bond motifs is 1. The van der Waals surface area contributed by atoms with Crippen molar-refractivity contribution in [1.82, 2.24) is 14.5 Å². The Morgan fingerprint density at radius 2 is 2.11 bits per heavy atom. The summed E-state index contributed by atoms with van der Waals surface area (Å²) >= 11 is 0. The number of aliphatic hydroxyl groups is 2. The van der Waals surface area contributed by atoms with Crippen molar-refractivity contribution in [2.45, 2.75) is 24.5 Å². The average Bonchev–Trinajstić information content (AvgIpc) is 3.03. The van der Waals surface area contributed by atoms with Crippen molar-refractivity contribution >= 4 is 24.9 Å². The third kappa shape index (κ3) is 3.75. The van der Waals surface area contributed by atoms with Gasteiger partial charge in [-0.1, -0.05) is 4.98 Å². The van der Waals surface area contributed by atoms with Gasteiger partial charge in [-0.3, -0.25) is 14.3 Å². The highest BCUT2D eigenvalue weighted by atomic mass is 31.2. The lowest BCUT2D eigenvalue weighted by Gasteiger charge is -2.30. The number of aryl methyl sites for hydroxylation is 1. The summed E-state index contributed by atoms with van der Waals surface area (Å²) in [4.78, 5) is 42.1. The standard InChI is InChI=1S/C13H20N5O8P/c1-16(2)13-14-10-7(11(21)15-13)17(3)5-18(10)12-9(20)8(19)6(26-12)4-25-27(22,23)24/h5-6,8-9,12,19-20H,4H2,1-3H3,(H2-,14,15,21,22,23,24)/p-1/t6-,8-,9-,12-/m1/s1. The van der Waals surface area contributed by atoms with Crippen LogP contribution in [0, 0.1) is 0 Å². The summed E-state index contributed by atoms with van der Waals surface area (Å²) in [5.41, 5.74) is -0.0354. The van der Waals surface area contributed by atoms with E-state index in [4.69, 9.17) is 4.74 Å². The first kappa shape index (κ1) is 19.9. The highest BCUT2D eigenvalue weighted by Crippen LogP contribution is 2.31. The van der Waals surface area contributed by atoms with E-state index in [2.05, 4.69) is 14.5 Å². The van der Waals surface area contributed by atoms with Crippen LogP contribution < -0.4 is 24.8 Å². The molecule has 0 saturated carbocycles. The molecule has 150 valence electrons. The summed E-state index contributed by atoms with van der Waals surface area (Å²) in [5, 5.41) is 20.4. The van der Waals surface area contributed by atoms with Gasteiger partial charge >= 0.3 is 5.65 Å². The zero-order valence-corrected chi connectivity index (χ0v) is 15.6. The van der Waals surface area contributed by atoms with Gasteiger partial charge in [-0.15, -0.1) is 0 Å². The summed E-state index contributed by atoms with van der Waals surface area (Å²) in [6.07, 6.45) is -3.99. The highest BCUT2D eigenvalue weighted by Gasteiger charge is 2.47. The lowest BCUT2D eigenvalue weighted by atomic mass is 10.1. The SMILES string of the molecule is CN(C)c1nc2c(c(=O)[nH]1)n(C)c[n+]2[C@@H]1O[C@H](COP(=O)([O-])[O-])[C@@H](O)[C@H]1O. The molecule has 2 aromatic rings. The number of anilines is 1. The number of aromatic amines is 1. The molecule has 2 aromatic heterocycles. The second-order valence-corrected chi connectivity index (χ2v) is 7.53. The molecule has 3 rings (SSSR count). The van der Waals surface area contributed by atoms with Crippen LogP contribution in [0.15, 0.2) is 11.1 Å². The Morgan fingerprint density at radius 3 is 2.70 bits per heavy atom. The van der Waals surface area contributed by atoms with Crippen molar-refractivity contribution in [3.8, 4) is 0 Å². The summed E-state index contributed by atoms with van der Waals surface area (Å²) in [5.74, 6) is 0.263. The molecule has 0 bridgehead atoms. The van der Waals surface area contributed by atoms with Crippen molar-refractivity contribution in [2.24, 2.45) is 7.05 Å². The number of rotatable bonds is 5. The van der Waals surface area contributed by atoms with E-state index >= 15 is 0 Å². The molecule has 1 aliphatic heterocycles. The van der Waals surface area contributed by atoms with Gasteiger partial charge in [0.05, 0.1) is 21.5 Å². The molecular weight excluding hydrogens is 385 g/mol. The smallest absolute Gasteiger partial charge is 0.313 e. The molecule has 3 heterocycles. The molecule has 0 radical (unpaired) electrons. The molecule has 0 amide bonds. The fourth-order valence-corrected chi connectivity index (χ4v) is 3.23. The first-order chi connectivity index (χ1) is 12.5. The molecule has 13 nitrogen and oxygen atoms in total. The van der Waals surface area contributed by atoms with Crippen molar-refractivity contribution in [3.63, 3.8) is 0 Å². The second-order valence-electron chi connectivity index (χ2n) is 6.38. The minimum atomic E-state index is -5.26. The van der Waals surface area contributed by atoms with Crippen LogP contribution in [0.5, 0.6) is 0 Å². The predicted octanol–water partition coefficient (Wildman–Crippen LogP) is -3.92. The zero-order chi connectivity index (χ0) is 20.1. The molecule has 4 atom stereocenters. The van der Waals surface area contributed by atoms with E-state index < -0.39 is 44.5 Å². The first-order valence-electron chi connectivity index (χ1n) is 7.85. The van der Waals surface area contributed by atoms with Crippen molar-refractivity contribution in [1.29, 1.82) is 0 Å². The Balaban J connectivity index is 1.99. The molecule has 1 saturated heterocycles. The molecule has 1 fully saturated rings. The summed E-state index contributed by atoms with van der Waals surface area (Å²) in [7, 11) is -0.310. The number of nitrogens with zero attached hydrogens (tertiary/aromatic N) is 4. The van der Waals surface area contributed by atoms with Crippen LogP contribution in [0.4, 0.5) is 5.95 Å². The van der Waals surface area contributed by atoms with Gasteiger partial charge < -0.3 is 38.7 Å². The zero-order valence-electron chi connectivity index (χ0n) is 14.7. The number of hydrogen-bond acceptors (Lipinski definition) is 10. The van der Waals surface area contributed by atoms with Crippen molar-refractivity contribution in [2.75, 3.05) is 25.6 Å². The van der Waals surface area contributed by atoms with Crippen molar-refractivity contribution in [3.05, 3.63) is 16.7 Å². The maximum absolute atomic E-state index is 12.3. The van der Waals surface area contributed by atoms with Crippen LogP contribution in [0.1, 0.15) is 6.23 Å². The van der Waals surface area contributed by atoms with Gasteiger partial charge in [0, 0.05) is 14.1 Å². The van der Waals surface area contributed by atoms with Gasteiger partial charge in [0.1, 0.15) is 18.3 Å². The van der Waals surface area contributed by atoms with Crippen LogP contribution in [0.2, 0.25) is 0 Å². The number of H-pyrrole nitrogens is 1. The first-order valence-corrected chi connectivity index (χ1v) is 9.31.